The van der Waals surface area contributed by atoms with Crippen molar-refractivity contribution in [3.05, 3.63) is 28.3 Å². The summed E-state index contributed by atoms with van der Waals surface area (Å²) < 4.78 is 10.2. The Bertz CT molecular complexity index is 681. The molecule has 34 heavy (non-hydrogen) atoms. The van der Waals surface area contributed by atoms with E-state index in [2.05, 4.69) is 32.2 Å². The fraction of sp³-hybridized carbons (Fsp3) is 0.741. The van der Waals surface area contributed by atoms with Crippen LogP contribution >= 0.6 is 0 Å². The molecule has 198 valence electrons. The zero-order chi connectivity index (χ0) is 26.8. The third-order valence-electron chi connectivity index (χ3n) is 5.47. The topological polar surface area (TPSA) is 81.5 Å². The molecule has 0 aliphatic carbocycles. The summed E-state index contributed by atoms with van der Waals surface area (Å²) in [4.78, 5) is 23.6. The Morgan fingerprint density at radius 1 is 0.941 bits per heavy atom. The maximum absolute atomic E-state index is 12.2. The molecular weight excluding hydrogens is 535 g/mol. The molecule has 0 atom stereocenters. The number of amides is 1. The predicted octanol–water partition coefficient (Wildman–Crippen LogP) is 9.05. The number of anilines is 1. The summed E-state index contributed by atoms with van der Waals surface area (Å²) in [5, 5.41) is 14.4. The van der Waals surface area contributed by atoms with Crippen molar-refractivity contribution in [3.8, 4) is 0 Å². The molecule has 1 rings (SSSR count). The van der Waals surface area contributed by atoms with Gasteiger partial charge < -0.3 is 0 Å². The van der Waals surface area contributed by atoms with Gasteiger partial charge in [-0.15, -0.1) is 0 Å². The van der Waals surface area contributed by atoms with Crippen LogP contribution in [0.25, 0.3) is 0 Å². The van der Waals surface area contributed by atoms with Gasteiger partial charge in [-0.25, -0.2) is 0 Å². The molecule has 0 saturated carbocycles. The molecule has 0 heterocycles. The first kappa shape index (κ1) is 34.9. The fourth-order valence-electron chi connectivity index (χ4n) is 3.89. The Kier molecular flexibility index (Phi) is 19.4. The van der Waals surface area contributed by atoms with Gasteiger partial charge in [0.1, 0.15) is 0 Å². The maximum atomic E-state index is 12.2. The molecule has 7 heteroatoms. The number of benzene rings is 1. The molecule has 6 nitrogen and oxygen atoms in total. The van der Waals surface area contributed by atoms with Gasteiger partial charge in [0.15, 0.2) is 0 Å². The van der Waals surface area contributed by atoms with Crippen LogP contribution in [0.3, 0.4) is 0 Å². The number of hydrogen-bond donors (Lipinski definition) is 1. The van der Waals surface area contributed by atoms with Crippen LogP contribution in [0.1, 0.15) is 108 Å². The van der Waals surface area contributed by atoms with E-state index in [9.17, 15) is 14.9 Å². The molecule has 0 radical (unpaired) electrons. The molecule has 0 spiro atoms. The molecule has 0 aliphatic heterocycles. The third-order valence-corrected chi connectivity index (χ3v) is 21.1. The van der Waals surface area contributed by atoms with Crippen LogP contribution in [0.2, 0.25) is 13.3 Å². The van der Waals surface area contributed by atoms with E-state index in [1.165, 1.54) is 36.2 Å². The number of nitrogens with one attached hydrogen (secondary N) is 1. The van der Waals surface area contributed by atoms with Gasteiger partial charge in [-0.3, -0.25) is 0 Å². The minimum atomic E-state index is -2.78. The summed E-state index contributed by atoms with van der Waals surface area (Å²) >= 11 is -2.78. The second-order valence-corrected chi connectivity index (χ2v) is 22.4. The number of nitrogens with zero attached hydrogens (tertiary/aromatic N) is 1. The van der Waals surface area contributed by atoms with E-state index in [4.69, 9.17) is 4.74 Å². The van der Waals surface area contributed by atoms with Crippen molar-refractivity contribution >= 4 is 39.4 Å². The monoisotopic (exact) mass is 588 g/mol. The van der Waals surface area contributed by atoms with E-state index in [0.29, 0.717) is 0 Å². The fourth-order valence-corrected chi connectivity index (χ4v) is 19.8. The molecule has 0 aliphatic rings. The van der Waals surface area contributed by atoms with Gasteiger partial charge in [0.2, 0.25) is 0 Å². The first-order valence-corrected chi connectivity index (χ1v) is 20.9. The number of carbonyl (C=O) groups excluding carboxylic acids is 1. The number of unbranched alkanes of at least 4 members (excludes halogenated alkanes) is 3. The van der Waals surface area contributed by atoms with Crippen LogP contribution in [-0.4, -0.2) is 35.0 Å². The van der Waals surface area contributed by atoms with Crippen LogP contribution in [0.5, 0.6) is 0 Å². The first-order chi connectivity index (χ1) is 16.1. The van der Waals surface area contributed by atoms with Crippen LogP contribution in [0, 0.1) is 10.1 Å². The third kappa shape index (κ3) is 13.0. The van der Waals surface area contributed by atoms with Gasteiger partial charge in [-0.05, 0) is 0 Å². The van der Waals surface area contributed by atoms with E-state index in [1.807, 2.05) is 27.7 Å². The average Bonchev–Trinajstić information content (AvgIpc) is 2.80. The van der Waals surface area contributed by atoms with Crippen LogP contribution in [0.4, 0.5) is 16.2 Å². The van der Waals surface area contributed by atoms with Crippen molar-refractivity contribution in [2.45, 2.75) is 127 Å². The molecular formula is C27H52N2O4Sn. The number of ether oxygens (including phenoxy) is 1. The molecule has 0 saturated heterocycles. The van der Waals surface area contributed by atoms with Crippen LogP contribution in [-0.2, 0) is 4.74 Å². The second-order valence-electron chi connectivity index (χ2n) is 9.21. The summed E-state index contributed by atoms with van der Waals surface area (Å²) in [7, 11) is 0. The predicted molar refractivity (Wildman–Crippen MR) is 150 cm³/mol. The van der Waals surface area contributed by atoms with Crippen molar-refractivity contribution < 1.29 is 14.5 Å². The Hall–Kier alpha value is -1.31. The summed E-state index contributed by atoms with van der Waals surface area (Å²) in [6.45, 7) is 19.9. The Morgan fingerprint density at radius 2 is 1.38 bits per heavy atom. The van der Waals surface area contributed by atoms with E-state index < -0.39 is 30.1 Å². The molecule has 0 aromatic heterocycles. The number of rotatable bonds is 12. The van der Waals surface area contributed by atoms with Crippen molar-refractivity contribution in [2.75, 3.05) is 5.32 Å². The molecule has 0 bridgehead atoms. The Morgan fingerprint density at radius 3 is 1.74 bits per heavy atom. The molecule has 0 fully saturated rings. The Labute approximate surface area is 213 Å². The first-order valence-electron chi connectivity index (χ1n) is 13.4. The zero-order valence-corrected chi connectivity index (χ0v) is 26.5. The summed E-state index contributed by atoms with van der Waals surface area (Å²) in [5.41, 5.74) is -0.478. The number of nitro benzene ring substituents is 1. The number of nitro groups is 1. The number of carbonyl (C=O) groups is 1. The Balaban J connectivity index is 0. The summed E-state index contributed by atoms with van der Waals surface area (Å²) in [5.74, 6) is 0. The van der Waals surface area contributed by atoms with Crippen LogP contribution in [0.15, 0.2) is 18.2 Å². The molecule has 1 aromatic carbocycles. The van der Waals surface area contributed by atoms with E-state index in [1.54, 1.807) is 32.9 Å². The van der Waals surface area contributed by atoms with Crippen molar-refractivity contribution in [3.63, 3.8) is 0 Å². The van der Waals surface area contributed by atoms with E-state index in [-0.39, 0.29) is 16.3 Å². The zero-order valence-electron chi connectivity index (χ0n) is 23.7. The molecule has 0 unspecified atom stereocenters. The molecule has 1 amide bonds. The normalized spacial score (nSPS) is 10.9. The SMILES string of the molecule is CC.CC.CCC[CH2][Sn]([CH2]CCC)([CH2]CCC)[c]1ccc(NC(=O)OC(C)(C)C)c([N+](=O)[O-])c1. The standard InChI is InChI=1S/C11H13N2O4.3C4H9.2C2H6.Sn/c1-11(2,3)17-10(14)12-8-6-4-5-7-9(8)13(15)16;3*1-3-4-2;2*1-2;/h4,6-7H,1-3H3,(H,12,14);3*1,3-4H2,2H3;2*1-2H3;. The van der Waals surface area contributed by atoms with Crippen molar-refractivity contribution in [1.29, 1.82) is 0 Å². The molecule has 1 N–H and O–H groups in total. The van der Waals surface area contributed by atoms with Gasteiger partial charge in [0.05, 0.1) is 0 Å². The average molecular weight is 587 g/mol. The summed E-state index contributed by atoms with van der Waals surface area (Å²) in [6, 6.07) is 5.54. The number of hydrogen-bond acceptors (Lipinski definition) is 4. The second kappa shape index (κ2) is 18.9. The van der Waals surface area contributed by atoms with Gasteiger partial charge in [-0.1, -0.05) is 27.7 Å². The van der Waals surface area contributed by atoms with Gasteiger partial charge in [0.25, 0.3) is 0 Å². The quantitative estimate of drug-likeness (QED) is 0.150. The van der Waals surface area contributed by atoms with Gasteiger partial charge in [-0.2, -0.15) is 0 Å². The van der Waals surface area contributed by atoms with Gasteiger partial charge in [0, 0.05) is 0 Å². The van der Waals surface area contributed by atoms with E-state index >= 15 is 0 Å². The van der Waals surface area contributed by atoms with E-state index in [0.717, 1.165) is 19.3 Å². The van der Waals surface area contributed by atoms with Gasteiger partial charge >= 0.3 is 186 Å². The van der Waals surface area contributed by atoms with Crippen LogP contribution < -0.4 is 8.90 Å². The summed E-state index contributed by atoms with van der Waals surface area (Å²) in [6.07, 6.45) is 6.35. The van der Waals surface area contributed by atoms with Crippen molar-refractivity contribution in [2.24, 2.45) is 0 Å². The minimum absolute atomic E-state index is 0.0241. The van der Waals surface area contributed by atoms with Crippen molar-refractivity contribution in [1.82, 2.24) is 0 Å². The molecule has 1 aromatic rings.